The fraction of sp³-hybridized carbons (Fsp3) is 0.400. The number of fused-ring (bicyclic) bond motifs is 1. The van der Waals surface area contributed by atoms with Crippen LogP contribution >= 0.6 is 0 Å². The van der Waals surface area contributed by atoms with Gasteiger partial charge < -0.3 is 14.8 Å². The molecule has 0 unspecified atom stereocenters. The van der Waals surface area contributed by atoms with Gasteiger partial charge in [0, 0.05) is 11.6 Å². The molecule has 0 bridgehead atoms. The number of hydrogen-bond donors (Lipinski definition) is 2. The summed E-state index contributed by atoms with van der Waals surface area (Å²) in [6.45, 7) is 3.38. The molecule has 0 aromatic heterocycles. The Hall–Kier alpha value is -3.95. The average molecular weight is 483 g/mol. The standard InChI is InChI=1S/C25H30N4O6/c1-16(2)24(25(31)28-26-14-17-8-11-22(34-3)21(12-17)29(32)33)27-23(30)15-35-20-10-9-18-6-4-5-7-19(18)13-20/h8-14,16,24H,4-7,15H2,1-3H3,(H,27,30)(H,28,31)/t24-/m0/s1. The van der Waals surface area contributed by atoms with Crippen LogP contribution in [0.25, 0.3) is 0 Å². The topological polar surface area (TPSA) is 132 Å². The number of nitrogens with zero attached hydrogens (tertiary/aromatic N) is 2. The molecule has 0 spiro atoms. The van der Waals surface area contributed by atoms with Gasteiger partial charge in [-0.3, -0.25) is 19.7 Å². The lowest BCUT2D eigenvalue weighted by Crippen LogP contribution is -2.49. The number of carbonyl (C=O) groups is 2. The third-order valence-corrected chi connectivity index (χ3v) is 5.74. The van der Waals surface area contributed by atoms with E-state index in [1.165, 1.54) is 43.0 Å². The summed E-state index contributed by atoms with van der Waals surface area (Å²) in [6.07, 6.45) is 5.71. The first kappa shape index (κ1) is 25.7. The zero-order valence-corrected chi connectivity index (χ0v) is 20.1. The lowest BCUT2D eigenvalue weighted by atomic mass is 9.92. The molecule has 186 valence electrons. The normalized spacial score (nSPS) is 13.7. The van der Waals surface area contributed by atoms with E-state index in [1.807, 2.05) is 18.2 Å². The second-order valence-electron chi connectivity index (χ2n) is 8.64. The number of carbonyl (C=O) groups excluding carboxylic acids is 2. The number of nitrogens with one attached hydrogen (secondary N) is 2. The zero-order valence-electron chi connectivity index (χ0n) is 20.1. The molecular formula is C25H30N4O6. The van der Waals surface area contributed by atoms with Crippen LogP contribution in [0.2, 0.25) is 0 Å². The summed E-state index contributed by atoms with van der Waals surface area (Å²) in [7, 11) is 1.34. The van der Waals surface area contributed by atoms with E-state index in [2.05, 4.69) is 15.8 Å². The van der Waals surface area contributed by atoms with E-state index >= 15 is 0 Å². The van der Waals surface area contributed by atoms with E-state index < -0.39 is 22.8 Å². The minimum Gasteiger partial charge on any atom is -0.490 e. The molecule has 1 atom stereocenters. The predicted molar refractivity (Wildman–Crippen MR) is 131 cm³/mol. The van der Waals surface area contributed by atoms with Crippen molar-refractivity contribution in [3.8, 4) is 11.5 Å². The van der Waals surface area contributed by atoms with Crippen molar-refractivity contribution in [3.05, 3.63) is 63.2 Å². The van der Waals surface area contributed by atoms with Gasteiger partial charge in [0.25, 0.3) is 11.8 Å². The van der Waals surface area contributed by atoms with Crippen molar-refractivity contribution in [2.75, 3.05) is 13.7 Å². The summed E-state index contributed by atoms with van der Waals surface area (Å²) in [6, 6.07) is 9.35. The summed E-state index contributed by atoms with van der Waals surface area (Å²) in [4.78, 5) is 35.6. The first-order valence-corrected chi connectivity index (χ1v) is 11.5. The number of hydrogen-bond acceptors (Lipinski definition) is 7. The van der Waals surface area contributed by atoms with Crippen molar-refractivity contribution in [2.45, 2.75) is 45.6 Å². The van der Waals surface area contributed by atoms with E-state index in [0.29, 0.717) is 11.3 Å². The van der Waals surface area contributed by atoms with E-state index in [1.54, 1.807) is 19.9 Å². The maximum Gasteiger partial charge on any atom is 0.311 e. The maximum atomic E-state index is 12.6. The predicted octanol–water partition coefficient (Wildman–Crippen LogP) is 3.15. The van der Waals surface area contributed by atoms with Crippen LogP contribution in [0.4, 0.5) is 5.69 Å². The number of ether oxygens (including phenoxy) is 2. The minimum absolute atomic E-state index is 0.122. The number of rotatable bonds is 10. The van der Waals surface area contributed by atoms with Crippen LogP contribution in [0, 0.1) is 16.0 Å². The third-order valence-electron chi connectivity index (χ3n) is 5.74. The van der Waals surface area contributed by atoms with Crippen LogP contribution < -0.4 is 20.2 Å². The lowest BCUT2D eigenvalue weighted by molar-refractivity contribution is -0.385. The number of hydrazone groups is 1. The zero-order chi connectivity index (χ0) is 25.4. The van der Waals surface area contributed by atoms with Gasteiger partial charge >= 0.3 is 5.69 Å². The largest absolute Gasteiger partial charge is 0.490 e. The molecule has 3 rings (SSSR count). The molecule has 0 heterocycles. The Labute approximate surface area is 203 Å². The van der Waals surface area contributed by atoms with Crippen molar-refractivity contribution in [3.63, 3.8) is 0 Å². The SMILES string of the molecule is COc1ccc(C=NNC(=O)[C@@H](NC(=O)COc2ccc3c(c2)CCCC3)C(C)C)cc1[N+](=O)[O-]. The summed E-state index contributed by atoms with van der Waals surface area (Å²) in [5.41, 5.74) is 5.15. The molecule has 0 fully saturated rings. The fourth-order valence-corrected chi connectivity index (χ4v) is 3.87. The van der Waals surface area contributed by atoms with Gasteiger partial charge in [0.15, 0.2) is 12.4 Å². The number of nitro groups is 1. The molecule has 2 aromatic rings. The van der Waals surface area contributed by atoms with Crippen LogP contribution in [-0.2, 0) is 22.4 Å². The molecule has 0 aliphatic heterocycles. The number of aryl methyl sites for hydroxylation is 2. The van der Waals surface area contributed by atoms with Crippen LogP contribution in [0.15, 0.2) is 41.5 Å². The highest BCUT2D eigenvalue weighted by molar-refractivity contribution is 5.89. The van der Waals surface area contributed by atoms with Gasteiger partial charge in [0.1, 0.15) is 11.8 Å². The Balaban J connectivity index is 1.55. The lowest BCUT2D eigenvalue weighted by Gasteiger charge is -2.21. The Morgan fingerprint density at radius 2 is 1.89 bits per heavy atom. The smallest absolute Gasteiger partial charge is 0.311 e. The molecule has 2 N–H and O–H groups in total. The van der Waals surface area contributed by atoms with Gasteiger partial charge in [0.2, 0.25) is 0 Å². The fourth-order valence-electron chi connectivity index (χ4n) is 3.87. The van der Waals surface area contributed by atoms with Crippen LogP contribution in [0.3, 0.4) is 0 Å². The maximum absolute atomic E-state index is 12.6. The highest BCUT2D eigenvalue weighted by atomic mass is 16.6. The van der Waals surface area contributed by atoms with E-state index in [4.69, 9.17) is 9.47 Å². The Morgan fingerprint density at radius 1 is 1.14 bits per heavy atom. The highest BCUT2D eigenvalue weighted by Gasteiger charge is 2.24. The second kappa shape index (κ2) is 12.0. The Bertz CT molecular complexity index is 1120. The van der Waals surface area contributed by atoms with Gasteiger partial charge in [-0.25, -0.2) is 5.43 Å². The van der Waals surface area contributed by atoms with Crippen molar-refractivity contribution in [2.24, 2.45) is 11.0 Å². The summed E-state index contributed by atoms with van der Waals surface area (Å²) in [5.74, 6) is -0.395. The number of amides is 2. The second-order valence-corrected chi connectivity index (χ2v) is 8.64. The molecule has 0 saturated heterocycles. The van der Waals surface area contributed by atoms with E-state index in [0.717, 1.165) is 19.3 Å². The molecule has 1 aliphatic carbocycles. The minimum atomic E-state index is -0.836. The van der Waals surface area contributed by atoms with E-state index in [9.17, 15) is 19.7 Å². The van der Waals surface area contributed by atoms with Crippen LogP contribution in [0.5, 0.6) is 11.5 Å². The van der Waals surface area contributed by atoms with Crippen molar-refractivity contribution in [1.82, 2.24) is 10.7 Å². The molecule has 10 heteroatoms. The van der Waals surface area contributed by atoms with Gasteiger partial charge in [-0.1, -0.05) is 19.9 Å². The highest BCUT2D eigenvalue weighted by Crippen LogP contribution is 2.27. The Kier molecular flexibility index (Phi) is 8.77. The Morgan fingerprint density at radius 3 is 2.57 bits per heavy atom. The monoisotopic (exact) mass is 482 g/mol. The summed E-state index contributed by atoms with van der Waals surface area (Å²) >= 11 is 0. The quantitative estimate of drug-likeness (QED) is 0.304. The first-order chi connectivity index (χ1) is 16.8. The number of nitro benzene ring substituents is 1. The molecule has 0 saturated carbocycles. The van der Waals surface area contributed by atoms with Crippen molar-refractivity contribution >= 4 is 23.7 Å². The van der Waals surface area contributed by atoms with Crippen molar-refractivity contribution < 1.29 is 24.0 Å². The molecule has 2 amide bonds. The number of methoxy groups -OCH3 is 1. The van der Waals surface area contributed by atoms with Crippen molar-refractivity contribution in [1.29, 1.82) is 0 Å². The molecule has 2 aromatic carbocycles. The average Bonchev–Trinajstić information content (AvgIpc) is 2.85. The summed E-state index contributed by atoms with van der Waals surface area (Å²) in [5, 5.41) is 17.7. The molecule has 1 aliphatic rings. The van der Waals surface area contributed by atoms with Crippen LogP contribution in [0.1, 0.15) is 43.4 Å². The van der Waals surface area contributed by atoms with Gasteiger partial charge in [-0.2, -0.15) is 5.10 Å². The van der Waals surface area contributed by atoms with Gasteiger partial charge in [0.05, 0.1) is 18.2 Å². The van der Waals surface area contributed by atoms with E-state index in [-0.39, 0.29) is 24.0 Å². The molecule has 10 nitrogen and oxygen atoms in total. The molecule has 0 radical (unpaired) electrons. The van der Waals surface area contributed by atoms with Gasteiger partial charge in [-0.15, -0.1) is 0 Å². The summed E-state index contributed by atoms with van der Waals surface area (Å²) < 4.78 is 10.6. The third kappa shape index (κ3) is 7.02. The molecule has 35 heavy (non-hydrogen) atoms. The van der Waals surface area contributed by atoms with Gasteiger partial charge in [-0.05, 0) is 67.0 Å². The number of benzene rings is 2. The van der Waals surface area contributed by atoms with Crippen LogP contribution in [-0.4, -0.2) is 42.7 Å². The first-order valence-electron chi connectivity index (χ1n) is 11.5. The molecular weight excluding hydrogens is 452 g/mol.